The number of likely N-dealkylation sites (tertiary alicyclic amines) is 1. The van der Waals surface area contributed by atoms with E-state index in [4.69, 9.17) is 15.6 Å². The van der Waals surface area contributed by atoms with E-state index < -0.39 is 11.6 Å². The molecule has 2 aliphatic heterocycles. The van der Waals surface area contributed by atoms with Crippen molar-refractivity contribution >= 4 is 39.8 Å². The summed E-state index contributed by atoms with van der Waals surface area (Å²) in [7, 11) is 0. The van der Waals surface area contributed by atoms with Gasteiger partial charge in [-0.25, -0.2) is 9.59 Å². The molecule has 11 nitrogen and oxygen atoms in total. The molecule has 2 amide bonds. The van der Waals surface area contributed by atoms with Gasteiger partial charge in [-0.15, -0.1) is 0 Å². The topological polar surface area (TPSA) is 160 Å². The lowest BCUT2D eigenvalue weighted by atomic mass is 10.0. The number of hydrogen-bond acceptors (Lipinski definition) is 8. The summed E-state index contributed by atoms with van der Waals surface area (Å²) in [4.78, 5) is 44.6. The summed E-state index contributed by atoms with van der Waals surface area (Å²) in [6.45, 7) is 16.4. The Morgan fingerprint density at radius 2 is 1.38 bits per heavy atom. The lowest BCUT2D eigenvalue weighted by Crippen LogP contribution is -2.58. The van der Waals surface area contributed by atoms with Crippen LogP contribution in [0.1, 0.15) is 72.9 Å². The summed E-state index contributed by atoms with van der Waals surface area (Å²) in [6, 6.07) is 15.1. The number of nitrogens with one attached hydrogen (secondary N) is 2. The molecule has 2 saturated heterocycles. The SMILES string of the molecule is C.CC(C)(C)OC(=O)N1CC(N)C1.Cc1cc(C)c2cc(C(=O)NC3CNC3)ccc2n1.Cc1cc(C)c2cc(C(=O)O)ccc2n1.[2HH]. The van der Waals surface area contributed by atoms with Gasteiger partial charge >= 0.3 is 12.1 Å². The number of nitrogens with two attached hydrogens (primary N) is 1. The first-order valence-electron chi connectivity index (χ1n) is 15.3. The maximum absolute atomic E-state index is 12.1. The van der Waals surface area contributed by atoms with Crippen molar-refractivity contribution in [2.24, 2.45) is 5.73 Å². The summed E-state index contributed by atoms with van der Waals surface area (Å²) >= 11 is 0. The summed E-state index contributed by atoms with van der Waals surface area (Å²) in [5.41, 5.74) is 12.1. The number of aromatic carboxylic acids is 1. The number of ether oxygens (including phenoxy) is 1. The van der Waals surface area contributed by atoms with Gasteiger partial charge in [0, 0.05) is 61.4 Å². The van der Waals surface area contributed by atoms with Crippen molar-refractivity contribution < 1.29 is 25.7 Å². The van der Waals surface area contributed by atoms with Gasteiger partial charge in [-0.2, -0.15) is 0 Å². The third-order valence-corrected chi connectivity index (χ3v) is 7.47. The molecular formula is C36H50N6O5. The highest BCUT2D eigenvalue weighted by Gasteiger charge is 2.31. The summed E-state index contributed by atoms with van der Waals surface area (Å²) in [6.07, 6.45) is -0.260. The third kappa shape index (κ3) is 9.94. The van der Waals surface area contributed by atoms with Gasteiger partial charge in [0.05, 0.1) is 22.6 Å². The fraction of sp³-hybridized carbons (Fsp3) is 0.417. The van der Waals surface area contributed by atoms with E-state index in [1.54, 1.807) is 23.1 Å². The second-order valence-corrected chi connectivity index (χ2v) is 12.9. The molecule has 0 saturated carbocycles. The average Bonchev–Trinajstić information content (AvgIpc) is 2.92. The zero-order valence-electron chi connectivity index (χ0n) is 27.6. The smallest absolute Gasteiger partial charge is 0.410 e. The standard InChI is InChI=1S/C15H17N3O.C12H11NO2.C8H16N2O2.CH4.H2/c1-9-5-10(2)17-14-4-3-11(6-13(9)14)15(19)18-12-7-16-8-12;1-7-5-8(2)13-11-4-3-9(12(14)15)6-10(7)11;1-8(2,3)12-7(11)10-4-6(9)5-10;;/h3-6,12,16H,7-8H2,1-2H3,(H,18,19);3-6H,1-2H3,(H,14,15);6H,4-5,9H2,1-3H3;1H4;1H/i;;;;1+1. The Labute approximate surface area is 278 Å². The molecule has 0 aliphatic carbocycles. The van der Waals surface area contributed by atoms with Gasteiger partial charge in [-0.3, -0.25) is 14.8 Å². The molecule has 2 aromatic carbocycles. The Kier molecular flexibility index (Phi) is 12.0. The first-order chi connectivity index (χ1) is 21.6. The minimum Gasteiger partial charge on any atom is -0.478 e. The normalized spacial score (nSPS) is 14.3. The molecule has 4 heterocycles. The molecule has 0 spiro atoms. The maximum Gasteiger partial charge on any atom is 0.410 e. The minimum absolute atomic E-state index is 0. The molecule has 0 unspecified atom stereocenters. The quantitative estimate of drug-likeness (QED) is 0.224. The number of carboxylic acids is 1. The predicted octanol–water partition coefficient (Wildman–Crippen LogP) is 5.55. The number of aryl methyl sites for hydroxylation is 4. The van der Waals surface area contributed by atoms with Gasteiger partial charge in [0.25, 0.3) is 5.91 Å². The van der Waals surface area contributed by atoms with Crippen molar-refractivity contribution in [3.05, 3.63) is 82.2 Å². The lowest BCUT2D eigenvalue weighted by molar-refractivity contribution is 0.00881. The Hall–Kier alpha value is -4.61. The average molecular weight is 648 g/mol. The van der Waals surface area contributed by atoms with Crippen LogP contribution < -0.4 is 16.4 Å². The van der Waals surface area contributed by atoms with Crippen LogP contribution in [0.25, 0.3) is 21.8 Å². The Balaban J connectivity index is 0.000000252. The summed E-state index contributed by atoms with van der Waals surface area (Å²) in [5, 5.41) is 17.0. The minimum atomic E-state index is -0.906. The van der Waals surface area contributed by atoms with E-state index in [1.165, 1.54) is 0 Å². The lowest BCUT2D eigenvalue weighted by Gasteiger charge is -2.37. The van der Waals surface area contributed by atoms with Crippen LogP contribution in [0, 0.1) is 27.7 Å². The molecule has 2 aliphatic rings. The number of carbonyl (C=O) groups is 3. The van der Waals surface area contributed by atoms with Gasteiger partial charge in [0.2, 0.25) is 0 Å². The number of nitrogens with zero attached hydrogens (tertiary/aromatic N) is 3. The van der Waals surface area contributed by atoms with E-state index >= 15 is 0 Å². The number of carboxylic acid groups (broad SMARTS) is 1. The monoisotopic (exact) mass is 647 g/mol. The number of hydrogen-bond donors (Lipinski definition) is 4. The Morgan fingerprint density at radius 3 is 1.81 bits per heavy atom. The highest BCUT2D eigenvalue weighted by molar-refractivity contribution is 5.99. The van der Waals surface area contributed by atoms with Crippen molar-refractivity contribution in [3.63, 3.8) is 0 Å². The summed E-state index contributed by atoms with van der Waals surface area (Å²) < 4.78 is 5.12. The number of carbonyl (C=O) groups excluding carboxylic acids is 2. The van der Waals surface area contributed by atoms with Crippen molar-refractivity contribution in [3.8, 4) is 0 Å². The van der Waals surface area contributed by atoms with Gasteiger partial charge in [0.1, 0.15) is 5.60 Å². The summed E-state index contributed by atoms with van der Waals surface area (Å²) in [5.74, 6) is -0.912. The fourth-order valence-electron chi connectivity index (χ4n) is 5.05. The van der Waals surface area contributed by atoms with Crippen LogP contribution in [0.2, 0.25) is 0 Å². The van der Waals surface area contributed by atoms with Crippen molar-refractivity contribution in [1.29, 1.82) is 0 Å². The van der Waals surface area contributed by atoms with Crippen molar-refractivity contribution in [2.45, 2.75) is 73.6 Å². The van der Waals surface area contributed by atoms with Crippen LogP contribution in [0.4, 0.5) is 4.79 Å². The van der Waals surface area contributed by atoms with Crippen molar-refractivity contribution in [2.75, 3.05) is 26.2 Å². The molecule has 47 heavy (non-hydrogen) atoms. The molecular weight excluding hydrogens is 596 g/mol. The molecule has 0 atom stereocenters. The van der Waals surface area contributed by atoms with E-state index in [1.807, 2.05) is 71.9 Å². The molecule has 0 bridgehead atoms. The molecule has 0 radical (unpaired) electrons. The van der Waals surface area contributed by atoms with Gasteiger partial charge in [-0.05, 0) is 108 Å². The predicted molar refractivity (Wildman–Crippen MR) is 188 cm³/mol. The van der Waals surface area contributed by atoms with Crippen LogP contribution in [0.5, 0.6) is 0 Å². The van der Waals surface area contributed by atoms with E-state index in [-0.39, 0.29) is 32.9 Å². The molecule has 2 aromatic heterocycles. The van der Waals surface area contributed by atoms with E-state index in [0.29, 0.717) is 24.2 Å². The highest BCUT2D eigenvalue weighted by atomic mass is 16.6. The molecule has 5 N–H and O–H groups in total. The maximum atomic E-state index is 12.1. The van der Waals surface area contributed by atoms with Crippen LogP contribution in [0.3, 0.4) is 0 Å². The number of pyridine rings is 2. The first-order valence-corrected chi connectivity index (χ1v) is 15.3. The van der Waals surface area contributed by atoms with Gasteiger partial charge < -0.3 is 31.1 Å². The molecule has 4 aromatic rings. The first kappa shape index (κ1) is 36.9. The van der Waals surface area contributed by atoms with Gasteiger partial charge in [0.15, 0.2) is 0 Å². The van der Waals surface area contributed by atoms with Crippen LogP contribution in [0.15, 0.2) is 48.5 Å². The zero-order valence-corrected chi connectivity index (χ0v) is 27.6. The zero-order chi connectivity index (χ0) is 33.8. The van der Waals surface area contributed by atoms with E-state index in [0.717, 1.165) is 57.4 Å². The number of amides is 2. The number of aromatic nitrogens is 2. The second-order valence-electron chi connectivity index (χ2n) is 12.9. The third-order valence-electron chi connectivity index (χ3n) is 7.47. The number of fused-ring (bicyclic) bond motifs is 2. The van der Waals surface area contributed by atoms with Crippen molar-refractivity contribution in [1.82, 2.24) is 25.5 Å². The Morgan fingerprint density at radius 1 is 0.894 bits per heavy atom. The van der Waals surface area contributed by atoms with Crippen LogP contribution >= 0.6 is 0 Å². The molecule has 6 rings (SSSR count). The van der Waals surface area contributed by atoms with Crippen LogP contribution in [-0.4, -0.2) is 81.8 Å². The number of benzene rings is 2. The largest absolute Gasteiger partial charge is 0.478 e. The number of rotatable bonds is 3. The van der Waals surface area contributed by atoms with E-state index in [2.05, 4.69) is 27.5 Å². The Bertz CT molecular complexity index is 1760. The molecule has 2 fully saturated rings. The molecule has 254 valence electrons. The van der Waals surface area contributed by atoms with Crippen LogP contribution in [-0.2, 0) is 4.74 Å². The highest BCUT2D eigenvalue weighted by Crippen LogP contribution is 2.21. The second kappa shape index (κ2) is 15.3. The molecule has 11 heteroatoms. The van der Waals surface area contributed by atoms with Gasteiger partial charge in [-0.1, -0.05) is 7.43 Å². The van der Waals surface area contributed by atoms with E-state index in [9.17, 15) is 14.4 Å². The fourth-order valence-corrected chi connectivity index (χ4v) is 5.05.